The summed E-state index contributed by atoms with van der Waals surface area (Å²) in [5.41, 5.74) is 4.75. The Morgan fingerprint density at radius 2 is 1.82 bits per heavy atom. The van der Waals surface area contributed by atoms with Crippen LogP contribution in [0.3, 0.4) is 0 Å². The van der Waals surface area contributed by atoms with Crippen molar-refractivity contribution in [2.75, 3.05) is 25.1 Å². The summed E-state index contributed by atoms with van der Waals surface area (Å²) in [6.45, 7) is 6.82. The monoisotopic (exact) mass is 375 g/mol. The number of aromatic nitrogens is 1. The van der Waals surface area contributed by atoms with Gasteiger partial charge in [0, 0.05) is 48.6 Å². The molecule has 28 heavy (non-hydrogen) atoms. The largest absolute Gasteiger partial charge is 0.383 e. The van der Waals surface area contributed by atoms with E-state index in [1.165, 1.54) is 16.5 Å². The lowest BCUT2D eigenvalue weighted by molar-refractivity contribution is 0.0389. The van der Waals surface area contributed by atoms with Gasteiger partial charge in [-0.15, -0.1) is 0 Å². The maximum atomic E-state index is 5.67. The van der Waals surface area contributed by atoms with Crippen molar-refractivity contribution in [3.05, 3.63) is 71.9 Å². The lowest BCUT2D eigenvalue weighted by Gasteiger charge is -2.41. The number of benzene rings is 2. The van der Waals surface area contributed by atoms with Gasteiger partial charge in [-0.1, -0.05) is 48.5 Å². The topological polar surface area (TPSA) is 46.2 Å². The van der Waals surface area contributed by atoms with Gasteiger partial charge in [0.25, 0.3) is 0 Å². The van der Waals surface area contributed by atoms with Crippen LogP contribution >= 0.6 is 0 Å². The van der Waals surface area contributed by atoms with Gasteiger partial charge in [-0.25, -0.2) is 0 Å². The zero-order valence-electron chi connectivity index (χ0n) is 16.7. The van der Waals surface area contributed by atoms with E-state index < -0.39 is 0 Å². The molecule has 0 saturated carbocycles. The second-order valence-electron chi connectivity index (χ2n) is 7.85. The van der Waals surface area contributed by atoms with Gasteiger partial charge in [-0.2, -0.15) is 0 Å². The molecule has 1 saturated heterocycles. The number of rotatable bonds is 6. The van der Waals surface area contributed by atoms with Crippen LogP contribution in [-0.4, -0.2) is 30.3 Å². The van der Waals surface area contributed by atoms with Gasteiger partial charge in [0.1, 0.15) is 0 Å². The van der Waals surface area contributed by atoms with Gasteiger partial charge in [-0.05, 0) is 43.9 Å². The van der Waals surface area contributed by atoms with Crippen LogP contribution < -0.4 is 10.6 Å². The number of hydrogen-bond acceptors (Lipinski definition) is 4. The molecule has 1 unspecified atom stereocenters. The fourth-order valence-electron chi connectivity index (χ4n) is 4.16. The molecular weight excluding hydrogens is 346 g/mol. The standard InChI is InChI=1S/C24H29N3O/c1-18-7-6-10-21-22(11-14-25-23(18)21)26-17-24(12-15-28-16-13-24)27-19(2)20-8-4-3-5-9-20/h3-11,14,19,27H,12-13,15-17H2,1-2H3,(H,25,26). The first-order valence-electron chi connectivity index (χ1n) is 10.2. The van der Waals surface area contributed by atoms with E-state index in [1.807, 2.05) is 6.20 Å². The lowest BCUT2D eigenvalue weighted by atomic mass is 9.88. The molecule has 1 aromatic heterocycles. The van der Waals surface area contributed by atoms with Crippen LogP contribution in [0.4, 0.5) is 5.69 Å². The molecule has 1 aliphatic heterocycles. The molecule has 1 fully saturated rings. The molecule has 0 bridgehead atoms. The number of para-hydroxylation sites is 1. The maximum absolute atomic E-state index is 5.67. The third-order valence-corrected chi connectivity index (χ3v) is 5.86. The summed E-state index contributed by atoms with van der Waals surface area (Å²) in [5.74, 6) is 0. The third kappa shape index (κ3) is 4.03. The van der Waals surface area contributed by atoms with Crippen molar-refractivity contribution < 1.29 is 4.74 Å². The quantitative estimate of drug-likeness (QED) is 0.646. The summed E-state index contributed by atoms with van der Waals surface area (Å²) in [6.07, 6.45) is 3.90. The molecule has 0 radical (unpaired) electrons. The number of nitrogens with one attached hydrogen (secondary N) is 2. The van der Waals surface area contributed by atoms with Gasteiger partial charge in [0.05, 0.1) is 5.52 Å². The van der Waals surface area contributed by atoms with E-state index in [0.29, 0.717) is 0 Å². The Kier molecular flexibility index (Phi) is 5.60. The van der Waals surface area contributed by atoms with Gasteiger partial charge in [0.2, 0.25) is 0 Å². The van der Waals surface area contributed by atoms with Crippen molar-refractivity contribution in [2.24, 2.45) is 0 Å². The molecule has 4 nitrogen and oxygen atoms in total. The minimum Gasteiger partial charge on any atom is -0.383 e. The Labute approximate surface area is 167 Å². The highest BCUT2D eigenvalue weighted by molar-refractivity contribution is 5.92. The minimum absolute atomic E-state index is 0.00687. The van der Waals surface area contributed by atoms with E-state index in [1.54, 1.807) is 0 Å². The summed E-state index contributed by atoms with van der Waals surface area (Å²) >= 11 is 0. The molecule has 0 spiro atoms. The normalized spacial score (nSPS) is 17.4. The molecular formula is C24H29N3O. The van der Waals surface area contributed by atoms with Gasteiger partial charge in [-0.3, -0.25) is 4.98 Å². The van der Waals surface area contributed by atoms with Crippen molar-refractivity contribution in [2.45, 2.75) is 38.3 Å². The van der Waals surface area contributed by atoms with Crippen LogP contribution in [0.25, 0.3) is 10.9 Å². The average Bonchev–Trinajstić information content (AvgIpc) is 2.74. The Hall–Kier alpha value is -2.43. The van der Waals surface area contributed by atoms with Crippen LogP contribution in [0.1, 0.15) is 36.9 Å². The molecule has 4 rings (SSSR count). The number of fused-ring (bicyclic) bond motifs is 1. The maximum Gasteiger partial charge on any atom is 0.0751 e. The third-order valence-electron chi connectivity index (χ3n) is 5.86. The first-order chi connectivity index (χ1) is 13.7. The summed E-state index contributed by atoms with van der Waals surface area (Å²) in [5, 5.41) is 8.83. The summed E-state index contributed by atoms with van der Waals surface area (Å²) < 4.78 is 5.67. The van der Waals surface area contributed by atoms with Crippen LogP contribution in [0.15, 0.2) is 60.8 Å². The van der Waals surface area contributed by atoms with E-state index in [9.17, 15) is 0 Å². The summed E-state index contributed by atoms with van der Waals surface area (Å²) in [4.78, 5) is 4.57. The summed E-state index contributed by atoms with van der Waals surface area (Å²) in [6, 6.07) is 19.4. The predicted molar refractivity (Wildman–Crippen MR) is 116 cm³/mol. The van der Waals surface area contributed by atoms with Gasteiger partial charge in [0.15, 0.2) is 0 Å². The Balaban J connectivity index is 1.55. The molecule has 4 heteroatoms. The Bertz CT molecular complexity index is 920. The van der Waals surface area contributed by atoms with Gasteiger partial charge >= 0.3 is 0 Å². The first-order valence-corrected chi connectivity index (χ1v) is 10.2. The molecule has 0 amide bonds. The van der Waals surface area contributed by atoms with Crippen molar-refractivity contribution in [1.29, 1.82) is 0 Å². The fourth-order valence-corrected chi connectivity index (χ4v) is 4.16. The second kappa shape index (κ2) is 8.29. The zero-order chi connectivity index (χ0) is 19.4. The van der Waals surface area contributed by atoms with E-state index in [0.717, 1.165) is 43.8 Å². The number of aryl methyl sites for hydroxylation is 1. The second-order valence-corrected chi connectivity index (χ2v) is 7.85. The van der Waals surface area contributed by atoms with Crippen LogP contribution in [-0.2, 0) is 4.74 Å². The van der Waals surface area contributed by atoms with Crippen LogP contribution in [0.2, 0.25) is 0 Å². The lowest BCUT2D eigenvalue weighted by Crippen LogP contribution is -2.54. The number of nitrogens with zero attached hydrogens (tertiary/aromatic N) is 1. The molecule has 1 aliphatic rings. The Morgan fingerprint density at radius 1 is 1.04 bits per heavy atom. The highest BCUT2D eigenvalue weighted by Gasteiger charge is 2.33. The predicted octanol–water partition coefficient (Wildman–Crippen LogP) is 4.86. The fraction of sp³-hybridized carbons (Fsp3) is 0.375. The van der Waals surface area contributed by atoms with E-state index in [2.05, 4.69) is 84.1 Å². The van der Waals surface area contributed by atoms with E-state index >= 15 is 0 Å². The number of ether oxygens (including phenoxy) is 1. The Morgan fingerprint density at radius 3 is 2.61 bits per heavy atom. The number of anilines is 1. The van der Waals surface area contributed by atoms with Crippen molar-refractivity contribution >= 4 is 16.6 Å². The minimum atomic E-state index is 0.00687. The number of pyridine rings is 1. The van der Waals surface area contributed by atoms with Gasteiger partial charge < -0.3 is 15.4 Å². The molecule has 146 valence electrons. The molecule has 3 aromatic rings. The highest BCUT2D eigenvalue weighted by Crippen LogP contribution is 2.28. The first kappa shape index (κ1) is 18.9. The van der Waals surface area contributed by atoms with E-state index in [-0.39, 0.29) is 11.6 Å². The van der Waals surface area contributed by atoms with Crippen molar-refractivity contribution in [3.8, 4) is 0 Å². The summed E-state index contributed by atoms with van der Waals surface area (Å²) in [7, 11) is 0. The molecule has 2 heterocycles. The molecule has 1 atom stereocenters. The number of hydrogen-bond donors (Lipinski definition) is 2. The highest BCUT2D eigenvalue weighted by atomic mass is 16.5. The average molecular weight is 376 g/mol. The van der Waals surface area contributed by atoms with Crippen LogP contribution in [0.5, 0.6) is 0 Å². The SMILES string of the molecule is Cc1cccc2c(NCC3(NC(C)c4ccccc4)CCOCC3)ccnc12. The molecule has 2 aromatic carbocycles. The zero-order valence-corrected chi connectivity index (χ0v) is 16.7. The van der Waals surface area contributed by atoms with Crippen molar-refractivity contribution in [1.82, 2.24) is 10.3 Å². The molecule has 2 N–H and O–H groups in total. The van der Waals surface area contributed by atoms with Crippen LogP contribution in [0, 0.1) is 6.92 Å². The molecule has 0 aliphatic carbocycles. The van der Waals surface area contributed by atoms with Crippen molar-refractivity contribution in [3.63, 3.8) is 0 Å². The van der Waals surface area contributed by atoms with E-state index in [4.69, 9.17) is 4.74 Å². The smallest absolute Gasteiger partial charge is 0.0751 e.